The van der Waals surface area contributed by atoms with Crippen LogP contribution in [0.25, 0.3) is 0 Å². The maximum Gasteiger partial charge on any atom is 0.240 e. The topological polar surface area (TPSA) is 50.7 Å². The van der Waals surface area contributed by atoms with Crippen LogP contribution in [0.1, 0.15) is 29.5 Å². The molecule has 0 unspecified atom stereocenters. The molecule has 2 aromatic carbocycles. The van der Waals surface area contributed by atoms with Gasteiger partial charge in [-0.2, -0.15) is 5.10 Å². The fourth-order valence-corrected chi connectivity index (χ4v) is 2.84. The lowest BCUT2D eigenvalue weighted by molar-refractivity contribution is -0.121. The smallest absolute Gasteiger partial charge is 0.240 e. The molecule has 0 atom stereocenters. The van der Waals surface area contributed by atoms with E-state index in [4.69, 9.17) is 27.9 Å². The Labute approximate surface area is 157 Å². The number of ether oxygens (including phenoxy) is 1. The molecule has 2 aromatic rings. The summed E-state index contributed by atoms with van der Waals surface area (Å²) >= 11 is 11.9. The number of nitrogens with zero attached hydrogens (tertiary/aromatic N) is 1. The Balaban J connectivity index is 1.77. The summed E-state index contributed by atoms with van der Waals surface area (Å²) in [5.74, 6) is 0.739. The molecule has 6 heteroatoms. The molecule has 0 bridgehead atoms. The number of amides is 1. The van der Waals surface area contributed by atoms with Crippen LogP contribution in [0.5, 0.6) is 5.75 Å². The Hall–Kier alpha value is -2.04. The van der Waals surface area contributed by atoms with Crippen molar-refractivity contribution in [1.29, 1.82) is 0 Å². The number of nitrogens with one attached hydrogen (secondary N) is 1. The maximum atomic E-state index is 11.8. The van der Waals surface area contributed by atoms with E-state index in [1.807, 2.05) is 19.1 Å². The molecule has 1 amide bonds. The van der Waals surface area contributed by atoms with Crippen molar-refractivity contribution in [3.05, 3.63) is 63.1 Å². The number of methoxy groups -OCH3 is 1. The molecular weight excluding hydrogens is 359 g/mol. The Morgan fingerprint density at radius 3 is 2.72 bits per heavy atom. The number of carbonyl (C=O) groups is 1. The summed E-state index contributed by atoms with van der Waals surface area (Å²) < 4.78 is 5.24. The summed E-state index contributed by atoms with van der Waals surface area (Å²) in [6.45, 7) is 2.01. The molecule has 0 fully saturated rings. The van der Waals surface area contributed by atoms with Crippen molar-refractivity contribution in [3.8, 4) is 5.75 Å². The van der Waals surface area contributed by atoms with E-state index in [0.29, 0.717) is 22.0 Å². The molecule has 132 valence electrons. The lowest BCUT2D eigenvalue weighted by Gasteiger charge is -2.07. The molecule has 0 aliphatic rings. The van der Waals surface area contributed by atoms with Gasteiger partial charge < -0.3 is 4.74 Å². The third-order valence-electron chi connectivity index (χ3n) is 3.68. The molecule has 0 radical (unpaired) electrons. The number of hydrazone groups is 1. The van der Waals surface area contributed by atoms with Crippen LogP contribution in [0.3, 0.4) is 0 Å². The number of carbonyl (C=O) groups excluding carboxylic acids is 1. The molecule has 0 aliphatic carbocycles. The zero-order valence-electron chi connectivity index (χ0n) is 14.2. The highest BCUT2D eigenvalue weighted by molar-refractivity contribution is 6.36. The third-order valence-corrected chi connectivity index (χ3v) is 4.25. The van der Waals surface area contributed by atoms with Crippen LogP contribution in [-0.2, 0) is 11.2 Å². The molecule has 4 nitrogen and oxygen atoms in total. The highest BCUT2D eigenvalue weighted by atomic mass is 35.5. The van der Waals surface area contributed by atoms with Gasteiger partial charge in [-0.3, -0.25) is 4.79 Å². The predicted molar refractivity (Wildman–Crippen MR) is 103 cm³/mol. The molecule has 0 spiro atoms. The van der Waals surface area contributed by atoms with E-state index in [9.17, 15) is 4.79 Å². The molecule has 0 saturated carbocycles. The fourth-order valence-electron chi connectivity index (χ4n) is 2.39. The first-order chi connectivity index (χ1) is 12.0. The van der Waals surface area contributed by atoms with Crippen molar-refractivity contribution in [3.63, 3.8) is 0 Å². The zero-order chi connectivity index (χ0) is 18.2. The van der Waals surface area contributed by atoms with E-state index in [1.54, 1.807) is 25.3 Å². The summed E-state index contributed by atoms with van der Waals surface area (Å²) in [5.41, 5.74) is 5.48. The number of benzene rings is 2. The second-order valence-corrected chi connectivity index (χ2v) is 6.46. The number of rotatable bonds is 7. The Morgan fingerprint density at radius 2 is 2.04 bits per heavy atom. The van der Waals surface area contributed by atoms with Crippen LogP contribution < -0.4 is 10.2 Å². The van der Waals surface area contributed by atoms with Crippen LogP contribution in [0.2, 0.25) is 10.0 Å². The summed E-state index contributed by atoms with van der Waals surface area (Å²) in [6.07, 6.45) is 3.47. The van der Waals surface area contributed by atoms with Gasteiger partial charge >= 0.3 is 0 Å². The van der Waals surface area contributed by atoms with Gasteiger partial charge in [0, 0.05) is 17.0 Å². The molecule has 0 aromatic heterocycles. The second-order valence-electron chi connectivity index (χ2n) is 5.62. The van der Waals surface area contributed by atoms with Crippen LogP contribution in [0.4, 0.5) is 0 Å². The van der Waals surface area contributed by atoms with Gasteiger partial charge in [-0.1, -0.05) is 41.4 Å². The Bertz CT molecular complexity index is 776. The predicted octanol–water partition coefficient (Wildman–Crippen LogP) is 4.78. The standard InChI is InChI=1S/C19H20Cl2N2O2/c1-13-10-14(6-9-18(13)25-2)4-3-5-19(24)23-22-12-15-7-8-16(20)11-17(15)21/h6-12H,3-5H2,1-2H3,(H,23,24)/b22-12+. The number of hydrogen-bond donors (Lipinski definition) is 1. The number of aryl methyl sites for hydroxylation is 2. The number of hydrogen-bond acceptors (Lipinski definition) is 3. The SMILES string of the molecule is COc1ccc(CCCC(=O)N/N=C/c2ccc(Cl)cc2Cl)cc1C. The fraction of sp³-hybridized carbons (Fsp3) is 0.263. The van der Waals surface area contributed by atoms with Gasteiger partial charge in [0.2, 0.25) is 5.91 Å². The lowest BCUT2D eigenvalue weighted by atomic mass is 10.1. The molecule has 1 N–H and O–H groups in total. The maximum absolute atomic E-state index is 11.8. The second kappa shape index (κ2) is 9.44. The largest absolute Gasteiger partial charge is 0.496 e. The Kier molecular flexibility index (Phi) is 7.29. The summed E-state index contributed by atoms with van der Waals surface area (Å²) in [6, 6.07) is 11.1. The number of halogens is 2. The summed E-state index contributed by atoms with van der Waals surface area (Å²) in [4.78, 5) is 11.8. The van der Waals surface area contributed by atoms with Gasteiger partial charge in [-0.15, -0.1) is 0 Å². The minimum atomic E-state index is -0.133. The Morgan fingerprint density at radius 1 is 1.24 bits per heavy atom. The van der Waals surface area contributed by atoms with E-state index in [2.05, 4.69) is 16.6 Å². The van der Waals surface area contributed by atoms with Gasteiger partial charge in [0.05, 0.1) is 18.3 Å². The van der Waals surface area contributed by atoms with E-state index in [1.165, 1.54) is 11.8 Å². The van der Waals surface area contributed by atoms with E-state index >= 15 is 0 Å². The third kappa shape index (κ3) is 6.07. The average Bonchev–Trinajstić information content (AvgIpc) is 2.57. The van der Waals surface area contributed by atoms with Gasteiger partial charge in [-0.25, -0.2) is 5.43 Å². The van der Waals surface area contributed by atoms with Crippen LogP contribution in [0, 0.1) is 6.92 Å². The van der Waals surface area contributed by atoms with Crippen LogP contribution in [0.15, 0.2) is 41.5 Å². The van der Waals surface area contributed by atoms with Gasteiger partial charge in [0.15, 0.2) is 0 Å². The normalized spacial score (nSPS) is 10.9. The quantitative estimate of drug-likeness (QED) is 0.556. The van der Waals surface area contributed by atoms with Crippen LogP contribution in [-0.4, -0.2) is 19.2 Å². The molecule has 2 rings (SSSR count). The molecule has 25 heavy (non-hydrogen) atoms. The van der Waals surface area contributed by atoms with Crippen molar-refractivity contribution < 1.29 is 9.53 Å². The van der Waals surface area contributed by atoms with Crippen molar-refractivity contribution >= 4 is 35.3 Å². The first kappa shape index (κ1) is 19.3. The first-order valence-electron chi connectivity index (χ1n) is 7.90. The molecule has 0 aliphatic heterocycles. The first-order valence-corrected chi connectivity index (χ1v) is 8.65. The van der Waals surface area contributed by atoms with E-state index in [-0.39, 0.29) is 5.91 Å². The highest BCUT2D eigenvalue weighted by Gasteiger charge is 2.03. The van der Waals surface area contributed by atoms with Gasteiger partial charge in [-0.05, 0) is 49.1 Å². The van der Waals surface area contributed by atoms with Gasteiger partial charge in [0.1, 0.15) is 5.75 Å². The summed E-state index contributed by atoms with van der Waals surface area (Å²) in [5, 5.41) is 4.97. The van der Waals surface area contributed by atoms with E-state index < -0.39 is 0 Å². The van der Waals surface area contributed by atoms with Crippen molar-refractivity contribution in [1.82, 2.24) is 5.43 Å². The van der Waals surface area contributed by atoms with Crippen molar-refractivity contribution in [2.24, 2.45) is 5.10 Å². The van der Waals surface area contributed by atoms with Crippen LogP contribution >= 0.6 is 23.2 Å². The van der Waals surface area contributed by atoms with Gasteiger partial charge in [0.25, 0.3) is 0 Å². The van der Waals surface area contributed by atoms with E-state index in [0.717, 1.165) is 24.2 Å². The zero-order valence-corrected chi connectivity index (χ0v) is 15.7. The molecule has 0 heterocycles. The monoisotopic (exact) mass is 378 g/mol. The minimum absolute atomic E-state index is 0.133. The van der Waals surface area contributed by atoms with Crippen molar-refractivity contribution in [2.45, 2.75) is 26.2 Å². The average molecular weight is 379 g/mol. The minimum Gasteiger partial charge on any atom is -0.496 e. The molecular formula is C19H20Cl2N2O2. The molecule has 0 saturated heterocycles. The summed E-state index contributed by atoms with van der Waals surface area (Å²) in [7, 11) is 1.66. The highest BCUT2D eigenvalue weighted by Crippen LogP contribution is 2.20. The van der Waals surface area contributed by atoms with Crippen molar-refractivity contribution in [2.75, 3.05) is 7.11 Å². The lowest BCUT2D eigenvalue weighted by Crippen LogP contribution is -2.17.